The monoisotopic (exact) mass is 247 g/mol. The predicted molar refractivity (Wildman–Crippen MR) is 65.7 cm³/mol. The first-order valence-corrected chi connectivity index (χ1v) is 5.38. The van der Waals surface area contributed by atoms with Gasteiger partial charge < -0.3 is 4.74 Å². The van der Waals surface area contributed by atoms with Crippen molar-refractivity contribution >= 4 is 17.4 Å². The van der Waals surface area contributed by atoms with Crippen LogP contribution in [0.3, 0.4) is 0 Å². The van der Waals surface area contributed by atoms with Crippen molar-refractivity contribution in [1.29, 1.82) is 0 Å². The Hall–Kier alpha value is -1.87. The molecule has 0 bridgehead atoms. The fourth-order valence-electron chi connectivity index (χ4n) is 1.46. The van der Waals surface area contributed by atoms with Crippen LogP contribution >= 0.6 is 11.6 Å². The second-order valence-corrected chi connectivity index (χ2v) is 3.83. The molecule has 0 amide bonds. The second-order valence-electron chi connectivity index (χ2n) is 3.42. The molecule has 0 fully saturated rings. The van der Waals surface area contributed by atoms with E-state index in [2.05, 4.69) is 4.98 Å². The van der Waals surface area contributed by atoms with Crippen LogP contribution in [0.5, 0.6) is 5.75 Å². The van der Waals surface area contributed by atoms with Gasteiger partial charge in [0.1, 0.15) is 5.75 Å². The molecule has 0 aliphatic carbocycles. The molecule has 0 saturated heterocycles. The quantitative estimate of drug-likeness (QED) is 0.783. The number of methoxy groups -OCH3 is 1. The molecule has 0 N–H and O–H groups in total. The van der Waals surface area contributed by atoms with Gasteiger partial charge in [0.05, 0.1) is 12.1 Å². The smallest absolute Gasteiger partial charge is 0.194 e. The Morgan fingerprint density at radius 1 is 1.29 bits per heavy atom. The van der Waals surface area contributed by atoms with Crippen LogP contribution in [0.2, 0.25) is 5.02 Å². The van der Waals surface area contributed by atoms with Crippen molar-refractivity contribution in [3.8, 4) is 5.75 Å². The first-order valence-electron chi connectivity index (χ1n) is 5.00. The number of hydrogen-bond donors (Lipinski definition) is 0. The summed E-state index contributed by atoms with van der Waals surface area (Å²) in [5.41, 5.74) is 1.07. The average Bonchev–Trinajstić information content (AvgIpc) is 2.39. The van der Waals surface area contributed by atoms with Crippen molar-refractivity contribution in [2.24, 2.45) is 0 Å². The molecule has 4 heteroatoms. The van der Waals surface area contributed by atoms with Gasteiger partial charge in [0.2, 0.25) is 0 Å². The van der Waals surface area contributed by atoms with Crippen LogP contribution in [-0.2, 0) is 0 Å². The lowest BCUT2D eigenvalue weighted by Gasteiger charge is -2.05. The molecule has 1 heterocycles. The predicted octanol–water partition coefficient (Wildman–Crippen LogP) is 2.97. The standard InChI is InChI=1S/C13H10ClNO2/c1-17-12-7-9(4-5-11(12)14)13(16)10-3-2-6-15-8-10/h2-8H,1H3. The summed E-state index contributed by atoms with van der Waals surface area (Å²) in [7, 11) is 1.51. The minimum Gasteiger partial charge on any atom is -0.495 e. The highest BCUT2D eigenvalue weighted by molar-refractivity contribution is 6.32. The Labute approximate surface area is 104 Å². The van der Waals surface area contributed by atoms with Crippen molar-refractivity contribution in [3.05, 3.63) is 58.9 Å². The number of halogens is 1. The summed E-state index contributed by atoms with van der Waals surface area (Å²) < 4.78 is 5.07. The molecule has 0 radical (unpaired) electrons. The molecule has 86 valence electrons. The first-order chi connectivity index (χ1) is 8.22. The Bertz CT molecular complexity index is 540. The summed E-state index contributed by atoms with van der Waals surface area (Å²) in [5, 5.41) is 0.482. The third kappa shape index (κ3) is 2.45. The van der Waals surface area contributed by atoms with Gasteiger partial charge in [-0.05, 0) is 30.3 Å². The number of hydrogen-bond acceptors (Lipinski definition) is 3. The van der Waals surface area contributed by atoms with E-state index in [0.29, 0.717) is 21.9 Å². The minimum atomic E-state index is -0.104. The largest absolute Gasteiger partial charge is 0.495 e. The third-order valence-corrected chi connectivity index (χ3v) is 2.65. The molecule has 0 aliphatic rings. The van der Waals surface area contributed by atoms with Crippen molar-refractivity contribution in [1.82, 2.24) is 4.98 Å². The van der Waals surface area contributed by atoms with Crippen LogP contribution in [-0.4, -0.2) is 17.9 Å². The van der Waals surface area contributed by atoms with Gasteiger partial charge in [0.15, 0.2) is 5.78 Å². The number of ketones is 1. The average molecular weight is 248 g/mol. The number of carbonyl (C=O) groups excluding carboxylic acids is 1. The molecule has 1 aromatic carbocycles. The van der Waals surface area contributed by atoms with E-state index in [-0.39, 0.29) is 5.78 Å². The maximum Gasteiger partial charge on any atom is 0.194 e. The van der Waals surface area contributed by atoms with Crippen LogP contribution in [0.25, 0.3) is 0 Å². The van der Waals surface area contributed by atoms with Gasteiger partial charge in [-0.2, -0.15) is 0 Å². The van der Waals surface area contributed by atoms with E-state index in [1.807, 2.05) is 0 Å². The van der Waals surface area contributed by atoms with Crippen LogP contribution in [0.1, 0.15) is 15.9 Å². The van der Waals surface area contributed by atoms with E-state index in [1.165, 1.54) is 13.3 Å². The minimum absolute atomic E-state index is 0.104. The number of benzene rings is 1. The topological polar surface area (TPSA) is 39.2 Å². The third-order valence-electron chi connectivity index (χ3n) is 2.34. The molecule has 0 saturated carbocycles. The van der Waals surface area contributed by atoms with Crippen molar-refractivity contribution in [2.45, 2.75) is 0 Å². The Morgan fingerprint density at radius 3 is 2.76 bits per heavy atom. The van der Waals surface area contributed by atoms with Gasteiger partial charge >= 0.3 is 0 Å². The summed E-state index contributed by atoms with van der Waals surface area (Å²) in [4.78, 5) is 16.0. The number of ether oxygens (including phenoxy) is 1. The zero-order chi connectivity index (χ0) is 12.3. The highest BCUT2D eigenvalue weighted by atomic mass is 35.5. The highest BCUT2D eigenvalue weighted by Gasteiger charge is 2.11. The molecule has 0 spiro atoms. The summed E-state index contributed by atoms with van der Waals surface area (Å²) in [5.74, 6) is 0.384. The fraction of sp³-hybridized carbons (Fsp3) is 0.0769. The number of rotatable bonds is 3. The lowest BCUT2D eigenvalue weighted by atomic mass is 10.1. The lowest BCUT2D eigenvalue weighted by Crippen LogP contribution is -2.02. The van der Waals surface area contributed by atoms with E-state index >= 15 is 0 Å². The number of nitrogens with zero attached hydrogens (tertiary/aromatic N) is 1. The molecule has 3 nitrogen and oxygen atoms in total. The SMILES string of the molecule is COc1cc(C(=O)c2cccnc2)ccc1Cl. The van der Waals surface area contributed by atoms with E-state index < -0.39 is 0 Å². The number of aromatic nitrogens is 1. The zero-order valence-corrected chi connectivity index (χ0v) is 9.94. The molecule has 17 heavy (non-hydrogen) atoms. The van der Waals surface area contributed by atoms with Gasteiger partial charge in [0.25, 0.3) is 0 Å². The number of carbonyl (C=O) groups is 1. The molecule has 2 rings (SSSR count). The first kappa shape index (κ1) is 11.6. The van der Waals surface area contributed by atoms with Gasteiger partial charge in [-0.25, -0.2) is 0 Å². The Morgan fingerprint density at radius 2 is 2.12 bits per heavy atom. The fourth-order valence-corrected chi connectivity index (χ4v) is 1.66. The molecule has 0 aliphatic heterocycles. The van der Waals surface area contributed by atoms with Crippen LogP contribution < -0.4 is 4.74 Å². The van der Waals surface area contributed by atoms with Crippen molar-refractivity contribution < 1.29 is 9.53 Å². The Kier molecular flexibility index (Phi) is 3.40. The molecule has 0 atom stereocenters. The van der Waals surface area contributed by atoms with E-state index in [1.54, 1.807) is 36.5 Å². The zero-order valence-electron chi connectivity index (χ0n) is 9.18. The van der Waals surface area contributed by atoms with Gasteiger partial charge in [-0.15, -0.1) is 0 Å². The summed E-state index contributed by atoms with van der Waals surface area (Å²) >= 11 is 5.90. The van der Waals surface area contributed by atoms with E-state index in [9.17, 15) is 4.79 Å². The normalized spacial score (nSPS) is 10.0. The van der Waals surface area contributed by atoms with Gasteiger partial charge in [0, 0.05) is 23.5 Å². The molecule has 0 unspecified atom stereocenters. The highest BCUT2D eigenvalue weighted by Crippen LogP contribution is 2.25. The molecule has 1 aromatic heterocycles. The van der Waals surface area contributed by atoms with Crippen molar-refractivity contribution in [2.75, 3.05) is 7.11 Å². The molecular formula is C13H10ClNO2. The summed E-state index contributed by atoms with van der Waals surface area (Å²) in [6.45, 7) is 0. The van der Waals surface area contributed by atoms with Crippen LogP contribution in [0.15, 0.2) is 42.7 Å². The van der Waals surface area contributed by atoms with Gasteiger partial charge in [-0.3, -0.25) is 9.78 Å². The second kappa shape index (κ2) is 4.97. The van der Waals surface area contributed by atoms with E-state index in [0.717, 1.165) is 0 Å². The molecular weight excluding hydrogens is 238 g/mol. The van der Waals surface area contributed by atoms with Crippen molar-refractivity contribution in [3.63, 3.8) is 0 Å². The lowest BCUT2D eigenvalue weighted by molar-refractivity contribution is 0.103. The van der Waals surface area contributed by atoms with E-state index in [4.69, 9.17) is 16.3 Å². The summed E-state index contributed by atoms with van der Waals surface area (Å²) in [6, 6.07) is 8.37. The Balaban J connectivity index is 2.38. The molecule has 2 aromatic rings. The van der Waals surface area contributed by atoms with Crippen LogP contribution in [0, 0.1) is 0 Å². The van der Waals surface area contributed by atoms with Crippen LogP contribution in [0.4, 0.5) is 0 Å². The maximum atomic E-state index is 12.1. The van der Waals surface area contributed by atoms with Gasteiger partial charge in [-0.1, -0.05) is 11.6 Å². The number of pyridine rings is 1. The maximum absolute atomic E-state index is 12.1. The summed E-state index contributed by atoms with van der Waals surface area (Å²) in [6.07, 6.45) is 3.16.